The maximum atomic E-state index is 12.9. The smallest absolute Gasteiger partial charge is 0.233 e. The van der Waals surface area contributed by atoms with Gasteiger partial charge < -0.3 is 10.1 Å². The van der Waals surface area contributed by atoms with Gasteiger partial charge in [0.2, 0.25) is 17.7 Å². The Hall–Kier alpha value is -1.76. The van der Waals surface area contributed by atoms with Crippen molar-refractivity contribution in [3.05, 3.63) is 0 Å². The molecule has 0 spiro atoms. The summed E-state index contributed by atoms with van der Waals surface area (Å²) in [5, 5.41) is 3.00. The second-order valence-corrected chi connectivity index (χ2v) is 12.7. The minimum atomic E-state index is -0.890. The number of Topliss-reactive ketones (excluding diaryl/α,β-unsaturated/α-hetero) is 1. The quantitative estimate of drug-likeness (QED) is 0.459. The lowest BCUT2D eigenvalue weighted by atomic mass is 9.79. The highest BCUT2D eigenvalue weighted by molar-refractivity contribution is 6.05. The van der Waals surface area contributed by atoms with Gasteiger partial charge in [-0.25, -0.2) is 0 Å². The number of likely N-dealkylation sites (tertiary alicyclic amines) is 1. The molecule has 2 unspecified atom stereocenters. The van der Waals surface area contributed by atoms with E-state index in [4.69, 9.17) is 4.74 Å². The molecule has 0 aromatic rings. The number of hydrogen-bond donors (Lipinski definition) is 1. The van der Waals surface area contributed by atoms with Gasteiger partial charge in [0.25, 0.3) is 0 Å². The molecule has 3 amide bonds. The number of nitrogens with one attached hydrogen (secondary N) is 1. The van der Waals surface area contributed by atoms with Gasteiger partial charge in [-0.2, -0.15) is 0 Å². The predicted octanol–water partition coefficient (Wildman–Crippen LogP) is 4.27. The van der Waals surface area contributed by atoms with Crippen LogP contribution < -0.4 is 5.32 Å². The van der Waals surface area contributed by atoms with E-state index in [-0.39, 0.29) is 53.7 Å². The Bertz CT molecular complexity index is 761. The van der Waals surface area contributed by atoms with Gasteiger partial charge in [-0.1, -0.05) is 34.6 Å². The van der Waals surface area contributed by atoms with Gasteiger partial charge in [-0.05, 0) is 59.8 Å². The summed E-state index contributed by atoms with van der Waals surface area (Å²) in [7, 11) is 0. The molecular formula is C26H46N2O5. The molecule has 1 aliphatic rings. The fourth-order valence-electron chi connectivity index (χ4n) is 3.93. The molecule has 0 aromatic carbocycles. The van der Waals surface area contributed by atoms with Crippen molar-refractivity contribution in [3.8, 4) is 0 Å². The summed E-state index contributed by atoms with van der Waals surface area (Å²) in [5.41, 5.74) is -2.15. The maximum Gasteiger partial charge on any atom is 0.233 e. The van der Waals surface area contributed by atoms with Crippen LogP contribution in [0.3, 0.4) is 0 Å². The van der Waals surface area contributed by atoms with Crippen molar-refractivity contribution in [2.75, 3.05) is 6.61 Å². The minimum absolute atomic E-state index is 0.0539. The van der Waals surface area contributed by atoms with E-state index in [1.807, 2.05) is 55.4 Å². The van der Waals surface area contributed by atoms with Crippen molar-refractivity contribution in [1.29, 1.82) is 0 Å². The van der Waals surface area contributed by atoms with E-state index in [9.17, 15) is 19.2 Å². The first-order chi connectivity index (χ1) is 14.7. The normalized spacial score (nSPS) is 19.1. The molecule has 0 aliphatic carbocycles. The number of amides is 3. The second kappa shape index (κ2) is 10.2. The lowest BCUT2D eigenvalue weighted by Crippen LogP contribution is -2.51. The Labute approximate surface area is 200 Å². The van der Waals surface area contributed by atoms with Gasteiger partial charge >= 0.3 is 0 Å². The van der Waals surface area contributed by atoms with E-state index < -0.39 is 16.6 Å². The van der Waals surface area contributed by atoms with Gasteiger partial charge in [-0.3, -0.25) is 24.1 Å². The van der Waals surface area contributed by atoms with Crippen LogP contribution in [0.2, 0.25) is 0 Å². The molecule has 1 N–H and O–H groups in total. The van der Waals surface area contributed by atoms with Crippen LogP contribution in [0.5, 0.6) is 0 Å². The lowest BCUT2D eigenvalue weighted by molar-refractivity contribution is -0.147. The molecule has 1 aliphatic heterocycles. The van der Waals surface area contributed by atoms with Crippen LogP contribution in [0.25, 0.3) is 0 Å². The molecule has 7 heteroatoms. The van der Waals surface area contributed by atoms with E-state index in [1.165, 1.54) is 4.90 Å². The van der Waals surface area contributed by atoms with Crippen molar-refractivity contribution < 1.29 is 23.9 Å². The fraction of sp³-hybridized carbons (Fsp3) is 0.846. The Balaban J connectivity index is 2.63. The van der Waals surface area contributed by atoms with Crippen molar-refractivity contribution in [2.24, 2.45) is 16.7 Å². The van der Waals surface area contributed by atoms with Crippen LogP contribution in [0.15, 0.2) is 0 Å². The summed E-state index contributed by atoms with van der Waals surface area (Å²) in [5.74, 6) is -0.862. The third kappa shape index (κ3) is 8.20. The first kappa shape index (κ1) is 29.3. The van der Waals surface area contributed by atoms with E-state index in [2.05, 4.69) is 5.32 Å². The summed E-state index contributed by atoms with van der Waals surface area (Å²) in [4.78, 5) is 51.3. The molecule has 1 fully saturated rings. The molecule has 33 heavy (non-hydrogen) atoms. The highest BCUT2D eigenvalue weighted by Gasteiger charge is 2.50. The average Bonchev–Trinajstić information content (AvgIpc) is 2.93. The van der Waals surface area contributed by atoms with Crippen molar-refractivity contribution >= 4 is 23.5 Å². The number of ether oxygens (including phenoxy) is 1. The summed E-state index contributed by atoms with van der Waals surface area (Å²) < 4.78 is 6.00. The van der Waals surface area contributed by atoms with Crippen LogP contribution in [-0.4, -0.2) is 52.2 Å². The summed E-state index contributed by atoms with van der Waals surface area (Å²) in [6.07, 6.45) is 1.66. The molecule has 0 saturated carbocycles. The Morgan fingerprint density at radius 3 is 2.06 bits per heavy atom. The van der Waals surface area contributed by atoms with E-state index in [1.54, 1.807) is 20.8 Å². The largest absolute Gasteiger partial charge is 0.375 e. The second-order valence-electron chi connectivity index (χ2n) is 12.7. The number of carbonyl (C=O) groups is 4. The van der Waals surface area contributed by atoms with Gasteiger partial charge in [0.1, 0.15) is 5.78 Å². The van der Waals surface area contributed by atoms with Gasteiger partial charge in [-0.15, -0.1) is 0 Å². The highest BCUT2D eigenvalue weighted by atomic mass is 16.5. The number of rotatable bonds is 11. The number of ketones is 1. The molecule has 1 rings (SSSR count). The Morgan fingerprint density at radius 1 is 1.06 bits per heavy atom. The number of hydrogen-bond acceptors (Lipinski definition) is 5. The zero-order valence-corrected chi connectivity index (χ0v) is 22.7. The summed E-state index contributed by atoms with van der Waals surface area (Å²) in [6, 6.07) is -0.0932. The third-order valence-corrected chi connectivity index (χ3v) is 6.75. The standard InChI is InChI=1S/C26H46N2O5/c1-17(12-13-26(10,11)33-16-24(6,7)18(2)29)27-20(30)15-25(8,9)28-21(31)14-19(22(28)32)23(3,4)5/h17,19H,12-16H2,1-11H3,(H,27,30). The number of carbonyl (C=O) groups excluding carboxylic acids is 4. The van der Waals surface area contributed by atoms with Crippen LogP contribution in [0, 0.1) is 16.7 Å². The molecular weight excluding hydrogens is 420 g/mol. The SMILES string of the molecule is CC(=O)C(C)(C)COC(C)(C)CCC(C)NC(=O)CC(C)(C)N1C(=O)CC(C(C)(C)C)C1=O. The Morgan fingerprint density at radius 2 is 1.61 bits per heavy atom. The van der Waals surface area contributed by atoms with E-state index >= 15 is 0 Å². The monoisotopic (exact) mass is 466 g/mol. The van der Waals surface area contributed by atoms with Crippen LogP contribution in [0.4, 0.5) is 0 Å². The Kier molecular flexibility index (Phi) is 9.09. The molecule has 0 aromatic heterocycles. The first-order valence-electron chi connectivity index (χ1n) is 12.0. The van der Waals surface area contributed by atoms with Crippen LogP contribution >= 0.6 is 0 Å². The molecule has 0 radical (unpaired) electrons. The first-order valence-corrected chi connectivity index (χ1v) is 12.0. The highest BCUT2D eigenvalue weighted by Crippen LogP contribution is 2.39. The minimum Gasteiger partial charge on any atom is -0.375 e. The molecule has 1 saturated heterocycles. The predicted molar refractivity (Wildman–Crippen MR) is 129 cm³/mol. The van der Waals surface area contributed by atoms with E-state index in [0.29, 0.717) is 19.4 Å². The molecule has 190 valence electrons. The maximum absolute atomic E-state index is 12.9. The van der Waals surface area contributed by atoms with Crippen LogP contribution in [0.1, 0.15) is 102 Å². The zero-order valence-electron chi connectivity index (χ0n) is 22.7. The topological polar surface area (TPSA) is 92.8 Å². The third-order valence-electron chi connectivity index (χ3n) is 6.75. The van der Waals surface area contributed by atoms with E-state index in [0.717, 1.165) is 0 Å². The summed E-state index contributed by atoms with van der Waals surface area (Å²) in [6.45, 7) is 21.0. The van der Waals surface area contributed by atoms with Gasteiger partial charge in [0.05, 0.1) is 23.7 Å². The van der Waals surface area contributed by atoms with Gasteiger partial charge in [0.15, 0.2) is 0 Å². The molecule has 1 heterocycles. The van der Waals surface area contributed by atoms with Crippen molar-refractivity contribution in [2.45, 2.75) is 119 Å². The fourth-order valence-corrected chi connectivity index (χ4v) is 3.93. The summed E-state index contributed by atoms with van der Waals surface area (Å²) >= 11 is 0. The van der Waals surface area contributed by atoms with Gasteiger partial charge in [0, 0.05) is 24.3 Å². The lowest BCUT2D eigenvalue weighted by Gasteiger charge is -2.35. The van der Waals surface area contributed by atoms with Crippen molar-refractivity contribution in [3.63, 3.8) is 0 Å². The zero-order chi connectivity index (χ0) is 26.0. The number of imide groups is 1. The molecule has 2 atom stereocenters. The molecule has 7 nitrogen and oxygen atoms in total. The number of nitrogens with zero attached hydrogens (tertiary/aromatic N) is 1. The average molecular weight is 467 g/mol. The van der Waals surface area contributed by atoms with Crippen LogP contribution in [-0.2, 0) is 23.9 Å². The van der Waals surface area contributed by atoms with Crippen molar-refractivity contribution in [1.82, 2.24) is 10.2 Å². The molecule has 0 bridgehead atoms.